The van der Waals surface area contributed by atoms with Crippen LogP contribution in [-0.4, -0.2) is 24.3 Å². The predicted octanol–water partition coefficient (Wildman–Crippen LogP) is 2.04. The number of primary amides is 1. The summed E-state index contributed by atoms with van der Waals surface area (Å²) >= 11 is 2.84. The van der Waals surface area contributed by atoms with Crippen LogP contribution >= 0.6 is 15.9 Å². The molecular formula is C10H23BrN2O. The van der Waals surface area contributed by atoms with Gasteiger partial charge in [0.05, 0.1) is 5.33 Å². The highest BCUT2D eigenvalue weighted by Crippen LogP contribution is 1.85. The number of hydrogen-bond donors (Lipinski definition) is 2. The highest BCUT2D eigenvalue weighted by molar-refractivity contribution is 9.09. The molecule has 0 aromatic carbocycles. The number of nitrogens with two attached hydrogens (primary N) is 1. The zero-order chi connectivity index (χ0) is 11.2. The molecule has 0 aliphatic carbocycles. The first-order chi connectivity index (χ1) is 6.68. The van der Waals surface area contributed by atoms with Crippen molar-refractivity contribution in [2.45, 2.75) is 39.5 Å². The molecule has 0 aromatic rings. The van der Waals surface area contributed by atoms with Crippen molar-refractivity contribution >= 4 is 21.8 Å². The van der Waals surface area contributed by atoms with Crippen molar-refractivity contribution in [3.05, 3.63) is 0 Å². The van der Waals surface area contributed by atoms with E-state index in [9.17, 15) is 4.79 Å². The molecule has 0 aliphatic heterocycles. The lowest BCUT2D eigenvalue weighted by Gasteiger charge is -1.99. The van der Waals surface area contributed by atoms with Crippen LogP contribution in [-0.2, 0) is 4.79 Å². The van der Waals surface area contributed by atoms with Gasteiger partial charge in [0.2, 0.25) is 5.91 Å². The molecule has 0 unspecified atom stereocenters. The molecule has 4 heteroatoms. The highest BCUT2D eigenvalue weighted by atomic mass is 79.9. The Labute approximate surface area is 95.9 Å². The van der Waals surface area contributed by atoms with E-state index in [2.05, 4.69) is 40.8 Å². The summed E-state index contributed by atoms with van der Waals surface area (Å²) in [4.78, 5) is 9.54. The molecule has 3 N–H and O–H groups in total. The third-order valence-corrected chi connectivity index (χ3v) is 2.10. The number of amides is 1. The fourth-order valence-corrected chi connectivity index (χ4v) is 0.729. The van der Waals surface area contributed by atoms with Gasteiger partial charge < -0.3 is 11.1 Å². The fourth-order valence-electron chi connectivity index (χ4n) is 0.729. The summed E-state index contributed by atoms with van der Waals surface area (Å²) in [6, 6.07) is 0. The fraction of sp³-hybridized carbons (Fsp3) is 0.900. The van der Waals surface area contributed by atoms with Crippen molar-refractivity contribution in [2.75, 3.05) is 18.4 Å². The number of carbonyl (C=O) groups is 1. The van der Waals surface area contributed by atoms with Gasteiger partial charge >= 0.3 is 0 Å². The van der Waals surface area contributed by atoms with Crippen LogP contribution < -0.4 is 11.1 Å². The van der Waals surface area contributed by atoms with E-state index < -0.39 is 0 Å². The maximum Gasteiger partial charge on any atom is 0.228 e. The van der Waals surface area contributed by atoms with Gasteiger partial charge in [-0.05, 0) is 25.9 Å². The lowest BCUT2D eigenvalue weighted by atomic mass is 10.3. The molecule has 0 bridgehead atoms. The number of hydrogen-bond acceptors (Lipinski definition) is 2. The van der Waals surface area contributed by atoms with Gasteiger partial charge in [0, 0.05) is 0 Å². The Morgan fingerprint density at radius 1 is 1.21 bits per heavy atom. The largest absolute Gasteiger partial charge is 0.369 e. The number of unbranched alkanes of at least 4 members (excludes halogenated alkanes) is 2. The minimum atomic E-state index is -0.329. The Kier molecular flexibility index (Phi) is 18.0. The van der Waals surface area contributed by atoms with E-state index in [0.717, 1.165) is 0 Å². The second-order valence-corrected chi connectivity index (χ2v) is 3.62. The summed E-state index contributed by atoms with van der Waals surface area (Å²) in [6.07, 6.45) is 5.26. The summed E-state index contributed by atoms with van der Waals surface area (Å²) in [5, 5.41) is 3.64. The first-order valence-electron chi connectivity index (χ1n) is 5.23. The molecule has 14 heavy (non-hydrogen) atoms. The van der Waals surface area contributed by atoms with Crippen LogP contribution in [0.2, 0.25) is 0 Å². The van der Waals surface area contributed by atoms with Crippen LogP contribution in [0.5, 0.6) is 0 Å². The van der Waals surface area contributed by atoms with Gasteiger partial charge in [-0.25, -0.2) is 0 Å². The third kappa shape index (κ3) is 22.7. The molecule has 0 saturated carbocycles. The normalized spacial score (nSPS) is 9.07. The number of halogens is 1. The molecule has 3 nitrogen and oxygen atoms in total. The Morgan fingerprint density at radius 2 is 1.57 bits per heavy atom. The van der Waals surface area contributed by atoms with Crippen molar-refractivity contribution < 1.29 is 4.79 Å². The lowest BCUT2D eigenvalue weighted by Crippen LogP contribution is -2.15. The van der Waals surface area contributed by atoms with E-state index in [-0.39, 0.29) is 11.2 Å². The van der Waals surface area contributed by atoms with E-state index in [0.29, 0.717) is 0 Å². The average Bonchev–Trinajstić information content (AvgIpc) is 2.19. The zero-order valence-electron chi connectivity index (χ0n) is 9.31. The number of rotatable bonds is 7. The van der Waals surface area contributed by atoms with Crippen molar-refractivity contribution in [2.24, 2.45) is 5.73 Å². The monoisotopic (exact) mass is 266 g/mol. The Morgan fingerprint density at radius 3 is 1.79 bits per heavy atom. The Bertz CT molecular complexity index is 115. The first-order valence-corrected chi connectivity index (χ1v) is 6.36. The number of alkyl halides is 1. The van der Waals surface area contributed by atoms with E-state index in [1.165, 1.54) is 38.8 Å². The predicted molar refractivity (Wildman–Crippen MR) is 65.7 cm³/mol. The molecule has 1 amide bonds. The van der Waals surface area contributed by atoms with Crippen LogP contribution in [0.1, 0.15) is 39.5 Å². The molecule has 0 rings (SSSR count). The standard InChI is InChI=1S/C8H19N.C2H4BrNO/c1-3-5-7-9-8-6-4-2;3-1-2(4)5/h9H,3-8H2,1-2H3;1H2,(H2,4,5). The van der Waals surface area contributed by atoms with Gasteiger partial charge in [0.25, 0.3) is 0 Å². The smallest absolute Gasteiger partial charge is 0.228 e. The SMILES string of the molecule is CCCCNCCCC.NC(=O)CBr. The van der Waals surface area contributed by atoms with Crippen LogP contribution in [0.15, 0.2) is 0 Å². The first kappa shape index (κ1) is 16.3. The van der Waals surface area contributed by atoms with Gasteiger partial charge in [-0.3, -0.25) is 4.79 Å². The van der Waals surface area contributed by atoms with Crippen LogP contribution in [0, 0.1) is 0 Å². The third-order valence-electron chi connectivity index (χ3n) is 1.55. The molecule has 0 atom stereocenters. The summed E-state index contributed by atoms with van der Waals surface area (Å²) in [5.41, 5.74) is 4.61. The van der Waals surface area contributed by atoms with Crippen LogP contribution in [0.3, 0.4) is 0 Å². The zero-order valence-corrected chi connectivity index (χ0v) is 10.9. The minimum absolute atomic E-state index is 0.257. The number of nitrogens with one attached hydrogen (secondary N) is 1. The molecule has 0 saturated heterocycles. The highest BCUT2D eigenvalue weighted by Gasteiger charge is 1.83. The topological polar surface area (TPSA) is 55.1 Å². The van der Waals surface area contributed by atoms with Crippen molar-refractivity contribution in [3.8, 4) is 0 Å². The molecule has 86 valence electrons. The van der Waals surface area contributed by atoms with Crippen LogP contribution in [0.25, 0.3) is 0 Å². The molecule has 0 aliphatic rings. The summed E-state index contributed by atoms with van der Waals surface area (Å²) in [7, 11) is 0. The molecule has 0 spiro atoms. The quantitative estimate of drug-likeness (QED) is 0.548. The Balaban J connectivity index is 0. The van der Waals surface area contributed by atoms with E-state index in [4.69, 9.17) is 0 Å². The Hall–Kier alpha value is -0.0900. The lowest BCUT2D eigenvalue weighted by molar-refractivity contribution is -0.115. The van der Waals surface area contributed by atoms with E-state index in [1.54, 1.807) is 0 Å². The maximum atomic E-state index is 9.54. The summed E-state index contributed by atoms with van der Waals surface area (Å²) in [6.45, 7) is 6.86. The summed E-state index contributed by atoms with van der Waals surface area (Å²) in [5.74, 6) is -0.329. The van der Waals surface area contributed by atoms with Crippen molar-refractivity contribution in [1.29, 1.82) is 0 Å². The van der Waals surface area contributed by atoms with Gasteiger partial charge in [-0.2, -0.15) is 0 Å². The van der Waals surface area contributed by atoms with Gasteiger partial charge in [0.15, 0.2) is 0 Å². The van der Waals surface area contributed by atoms with Crippen molar-refractivity contribution in [3.63, 3.8) is 0 Å². The molecule has 0 fully saturated rings. The van der Waals surface area contributed by atoms with Gasteiger partial charge in [0.1, 0.15) is 0 Å². The van der Waals surface area contributed by atoms with E-state index in [1.807, 2.05) is 0 Å². The van der Waals surface area contributed by atoms with Gasteiger partial charge in [-0.1, -0.05) is 42.6 Å². The second-order valence-electron chi connectivity index (χ2n) is 3.06. The van der Waals surface area contributed by atoms with Gasteiger partial charge in [-0.15, -0.1) is 0 Å². The van der Waals surface area contributed by atoms with Crippen molar-refractivity contribution in [1.82, 2.24) is 5.32 Å². The minimum Gasteiger partial charge on any atom is -0.369 e. The average molecular weight is 267 g/mol. The maximum absolute atomic E-state index is 9.54. The molecule has 0 heterocycles. The molecule has 0 aromatic heterocycles. The van der Waals surface area contributed by atoms with Crippen LogP contribution in [0.4, 0.5) is 0 Å². The molecule has 0 radical (unpaired) electrons. The molecular weight excluding hydrogens is 244 g/mol. The number of carbonyl (C=O) groups excluding carboxylic acids is 1. The second kappa shape index (κ2) is 15.4. The van der Waals surface area contributed by atoms with E-state index >= 15 is 0 Å². The summed E-state index contributed by atoms with van der Waals surface area (Å²) < 4.78 is 0.